The molecule has 1 atom stereocenters. The van der Waals surface area contributed by atoms with Crippen LogP contribution in [0.3, 0.4) is 0 Å². The van der Waals surface area contributed by atoms with Gasteiger partial charge in [0.1, 0.15) is 11.9 Å². The van der Waals surface area contributed by atoms with Crippen molar-refractivity contribution in [2.75, 3.05) is 13.2 Å². The molecule has 1 heterocycles. The second-order valence-corrected chi connectivity index (χ2v) is 5.34. The molecule has 3 rings (SSSR count). The highest BCUT2D eigenvalue weighted by atomic mass is 16.5. The van der Waals surface area contributed by atoms with E-state index in [1.54, 1.807) is 0 Å². The molecule has 4 nitrogen and oxygen atoms in total. The molecule has 1 unspecified atom stereocenters. The van der Waals surface area contributed by atoms with Gasteiger partial charge in [0.25, 0.3) is 0 Å². The van der Waals surface area contributed by atoms with Crippen LogP contribution < -0.4 is 4.74 Å². The number of rotatable bonds is 4. The van der Waals surface area contributed by atoms with E-state index in [-0.39, 0.29) is 6.10 Å². The molecule has 0 spiro atoms. The lowest BCUT2D eigenvalue weighted by Gasteiger charge is -2.39. The minimum Gasteiger partial charge on any atom is -0.488 e. The predicted octanol–water partition coefficient (Wildman–Crippen LogP) is 2.36. The van der Waals surface area contributed by atoms with Crippen LogP contribution in [0.5, 0.6) is 5.75 Å². The Morgan fingerprint density at radius 1 is 1.37 bits per heavy atom. The maximum atomic E-state index is 11.6. The molecule has 4 heteroatoms. The van der Waals surface area contributed by atoms with E-state index in [9.17, 15) is 9.90 Å². The molecule has 19 heavy (non-hydrogen) atoms. The molecular weight excluding hydrogens is 244 g/mol. The summed E-state index contributed by atoms with van der Waals surface area (Å²) in [6.07, 6.45) is 3.28. The highest BCUT2D eigenvalue weighted by molar-refractivity contribution is 5.83. The first-order valence-corrected chi connectivity index (χ1v) is 6.80. The number of benzene rings is 1. The zero-order valence-electron chi connectivity index (χ0n) is 10.8. The summed E-state index contributed by atoms with van der Waals surface area (Å²) < 4.78 is 11.3. The summed E-state index contributed by atoms with van der Waals surface area (Å²) in [5.41, 5.74) is 0.0800. The third kappa shape index (κ3) is 2.10. The molecule has 0 radical (unpaired) electrons. The third-order valence-corrected chi connectivity index (χ3v) is 4.20. The molecule has 1 aromatic carbocycles. The fourth-order valence-corrected chi connectivity index (χ4v) is 2.88. The summed E-state index contributed by atoms with van der Waals surface area (Å²) in [4.78, 5) is 11.6. The van der Waals surface area contributed by atoms with Gasteiger partial charge < -0.3 is 14.6 Å². The Kier molecular flexibility index (Phi) is 3.19. The number of carboxylic acids is 1. The van der Waals surface area contributed by atoms with Crippen LogP contribution in [0.2, 0.25) is 0 Å². The van der Waals surface area contributed by atoms with Crippen molar-refractivity contribution in [3.8, 4) is 5.75 Å². The minimum atomic E-state index is -0.740. The van der Waals surface area contributed by atoms with Crippen molar-refractivity contribution in [3.05, 3.63) is 29.8 Å². The zero-order valence-corrected chi connectivity index (χ0v) is 10.8. The van der Waals surface area contributed by atoms with Gasteiger partial charge in [0.2, 0.25) is 0 Å². The average Bonchev–Trinajstić information content (AvgIpc) is 2.82. The number of hydrogen-bond donors (Lipinski definition) is 1. The van der Waals surface area contributed by atoms with E-state index in [1.165, 1.54) is 0 Å². The first-order chi connectivity index (χ1) is 9.22. The Morgan fingerprint density at radius 2 is 2.16 bits per heavy atom. The maximum Gasteiger partial charge on any atom is 0.314 e. The molecule has 1 aliphatic heterocycles. The molecule has 0 aromatic heterocycles. The first-order valence-electron chi connectivity index (χ1n) is 6.80. The highest BCUT2D eigenvalue weighted by Crippen LogP contribution is 2.47. The average molecular weight is 262 g/mol. The van der Waals surface area contributed by atoms with Gasteiger partial charge in [-0.3, -0.25) is 4.79 Å². The van der Waals surface area contributed by atoms with Crippen LogP contribution in [0.15, 0.2) is 24.3 Å². The van der Waals surface area contributed by atoms with Crippen LogP contribution in [0.4, 0.5) is 0 Å². The Hall–Kier alpha value is -1.55. The summed E-state index contributed by atoms with van der Waals surface area (Å²) in [6, 6.07) is 7.54. The fraction of sp³-hybridized carbons (Fsp3) is 0.533. The molecular formula is C15H18O4. The van der Waals surface area contributed by atoms with Gasteiger partial charge in [-0.2, -0.15) is 0 Å². The van der Waals surface area contributed by atoms with Crippen LogP contribution in [-0.2, 0) is 14.9 Å². The van der Waals surface area contributed by atoms with E-state index >= 15 is 0 Å². The normalized spacial score (nSPS) is 24.7. The van der Waals surface area contributed by atoms with Gasteiger partial charge in [0, 0.05) is 12.0 Å². The molecule has 1 saturated heterocycles. The number of carboxylic acid groups (broad SMARTS) is 1. The summed E-state index contributed by atoms with van der Waals surface area (Å²) >= 11 is 0. The monoisotopic (exact) mass is 262 g/mol. The standard InChI is InChI=1S/C15H18O4/c16-14(17)15(7-3-8-15)12-4-1-2-5-13(12)19-11-6-9-18-10-11/h1-2,4-5,11H,3,6-10H2,(H,16,17). The van der Waals surface area contributed by atoms with E-state index in [2.05, 4.69) is 0 Å². The van der Waals surface area contributed by atoms with Crippen LogP contribution in [0.1, 0.15) is 31.2 Å². The van der Waals surface area contributed by atoms with Crippen molar-refractivity contribution in [2.24, 2.45) is 0 Å². The molecule has 1 aromatic rings. The van der Waals surface area contributed by atoms with Gasteiger partial charge in [0.15, 0.2) is 0 Å². The lowest BCUT2D eigenvalue weighted by Crippen LogP contribution is -2.42. The van der Waals surface area contributed by atoms with Crippen molar-refractivity contribution in [1.82, 2.24) is 0 Å². The summed E-state index contributed by atoms with van der Waals surface area (Å²) in [7, 11) is 0. The van der Waals surface area contributed by atoms with Crippen LogP contribution in [0.25, 0.3) is 0 Å². The summed E-state index contributed by atoms with van der Waals surface area (Å²) in [6.45, 7) is 1.31. The van der Waals surface area contributed by atoms with Crippen molar-refractivity contribution in [1.29, 1.82) is 0 Å². The lowest BCUT2D eigenvalue weighted by atomic mass is 9.64. The highest BCUT2D eigenvalue weighted by Gasteiger charge is 2.47. The number of aliphatic carboxylic acids is 1. The first kappa shape index (κ1) is 12.5. The van der Waals surface area contributed by atoms with Gasteiger partial charge in [-0.15, -0.1) is 0 Å². The topological polar surface area (TPSA) is 55.8 Å². The Labute approximate surface area is 112 Å². The largest absolute Gasteiger partial charge is 0.488 e. The van der Waals surface area contributed by atoms with E-state index < -0.39 is 11.4 Å². The second kappa shape index (κ2) is 4.85. The van der Waals surface area contributed by atoms with Gasteiger partial charge in [-0.05, 0) is 18.9 Å². The Morgan fingerprint density at radius 3 is 2.74 bits per heavy atom. The number of para-hydroxylation sites is 1. The predicted molar refractivity (Wildman–Crippen MR) is 69.5 cm³/mol. The van der Waals surface area contributed by atoms with Gasteiger partial charge in [0.05, 0.1) is 18.6 Å². The van der Waals surface area contributed by atoms with Crippen molar-refractivity contribution in [3.63, 3.8) is 0 Å². The minimum absolute atomic E-state index is 0.0482. The molecule has 1 N–H and O–H groups in total. The summed E-state index contributed by atoms with van der Waals surface area (Å²) in [5.74, 6) is -0.0300. The second-order valence-electron chi connectivity index (χ2n) is 5.34. The molecule has 102 valence electrons. The van der Waals surface area contributed by atoms with Crippen LogP contribution in [0, 0.1) is 0 Å². The van der Waals surface area contributed by atoms with Gasteiger partial charge in [-0.1, -0.05) is 24.6 Å². The molecule has 0 bridgehead atoms. The van der Waals surface area contributed by atoms with Crippen LogP contribution >= 0.6 is 0 Å². The Balaban J connectivity index is 1.90. The summed E-state index contributed by atoms with van der Waals surface area (Å²) in [5, 5.41) is 9.54. The number of carbonyl (C=O) groups is 1. The number of hydrogen-bond acceptors (Lipinski definition) is 3. The smallest absolute Gasteiger partial charge is 0.314 e. The van der Waals surface area contributed by atoms with Crippen molar-refractivity contribution < 1.29 is 19.4 Å². The van der Waals surface area contributed by atoms with E-state index in [0.717, 1.165) is 25.0 Å². The van der Waals surface area contributed by atoms with Crippen molar-refractivity contribution >= 4 is 5.97 Å². The molecule has 0 amide bonds. The van der Waals surface area contributed by atoms with E-state index in [1.807, 2.05) is 24.3 Å². The molecule has 2 fully saturated rings. The fourth-order valence-electron chi connectivity index (χ4n) is 2.88. The third-order valence-electron chi connectivity index (χ3n) is 4.20. The van der Waals surface area contributed by atoms with E-state index in [4.69, 9.17) is 9.47 Å². The lowest BCUT2D eigenvalue weighted by molar-refractivity contribution is -0.147. The maximum absolute atomic E-state index is 11.6. The molecule has 1 saturated carbocycles. The van der Waals surface area contributed by atoms with Crippen LogP contribution in [-0.4, -0.2) is 30.4 Å². The number of ether oxygens (including phenoxy) is 2. The SMILES string of the molecule is O=C(O)C1(c2ccccc2OC2CCOC2)CCC1. The zero-order chi connectivity index (χ0) is 13.3. The van der Waals surface area contributed by atoms with Crippen molar-refractivity contribution in [2.45, 2.75) is 37.2 Å². The molecule has 1 aliphatic carbocycles. The molecule has 2 aliphatic rings. The quantitative estimate of drug-likeness (QED) is 0.905. The van der Waals surface area contributed by atoms with E-state index in [0.29, 0.717) is 25.2 Å². The van der Waals surface area contributed by atoms with Gasteiger partial charge >= 0.3 is 5.97 Å². The van der Waals surface area contributed by atoms with Gasteiger partial charge in [-0.25, -0.2) is 0 Å². The Bertz CT molecular complexity index is 473.